The zero-order valence-electron chi connectivity index (χ0n) is 13.1. The van der Waals surface area contributed by atoms with E-state index in [4.69, 9.17) is 0 Å². The summed E-state index contributed by atoms with van der Waals surface area (Å²) in [6.07, 6.45) is 3.32. The second-order valence-corrected chi connectivity index (χ2v) is 6.10. The van der Waals surface area contributed by atoms with Gasteiger partial charge in [0.1, 0.15) is 0 Å². The normalized spacial score (nSPS) is 12.6. The minimum atomic E-state index is 0.420. The van der Waals surface area contributed by atoms with Gasteiger partial charge in [0.25, 0.3) is 0 Å². The highest BCUT2D eigenvalue weighted by Crippen LogP contribution is 2.25. The van der Waals surface area contributed by atoms with Crippen molar-refractivity contribution in [1.82, 2.24) is 15.1 Å². The fraction of sp³-hybridized carbons (Fsp3) is 0.471. The highest BCUT2D eigenvalue weighted by Gasteiger charge is 2.13. The molecule has 4 heteroatoms. The van der Waals surface area contributed by atoms with Gasteiger partial charge in [-0.3, -0.25) is 4.68 Å². The number of aryl methyl sites for hydroxylation is 2. The maximum absolute atomic E-state index is 4.56. The third-order valence-electron chi connectivity index (χ3n) is 3.91. The van der Waals surface area contributed by atoms with E-state index < -0.39 is 0 Å². The Morgan fingerprint density at radius 2 is 2.00 bits per heavy atom. The summed E-state index contributed by atoms with van der Waals surface area (Å²) in [7, 11) is 2.04. The van der Waals surface area contributed by atoms with Gasteiger partial charge >= 0.3 is 0 Å². The molecule has 2 rings (SSSR count). The summed E-state index contributed by atoms with van der Waals surface area (Å²) in [5.41, 5.74) is 3.76. The molecule has 0 saturated carbocycles. The first-order valence-corrected chi connectivity index (χ1v) is 8.40. The van der Waals surface area contributed by atoms with Crippen molar-refractivity contribution in [3.63, 3.8) is 0 Å². The number of rotatable bonds is 7. The van der Waals surface area contributed by atoms with Gasteiger partial charge in [-0.15, -0.1) is 0 Å². The van der Waals surface area contributed by atoms with Gasteiger partial charge in [-0.2, -0.15) is 5.10 Å². The number of aromatic nitrogens is 2. The molecule has 0 amide bonds. The molecular weight excluding hydrogens is 326 g/mol. The lowest BCUT2D eigenvalue weighted by molar-refractivity contribution is 0.514. The summed E-state index contributed by atoms with van der Waals surface area (Å²) in [4.78, 5) is 0. The van der Waals surface area contributed by atoms with Gasteiger partial charge in [0.15, 0.2) is 0 Å². The minimum Gasteiger partial charge on any atom is -0.313 e. The molecule has 0 aliphatic carbocycles. The number of benzene rings is 1. The van der Waals surface area contributed by atoms with Gasteiger partial charge in [0.2, 0.25) is 0 Å². The number of hydrogen-bond acceptors (Lipinski definition) is 2. The van der Waals surface area contributed by atoms with Crippen molar-refractivity contribution in [1.29, 1.82) is 0 Å². The van der Waals surface area contributed by atoms with Gasteiger partial charge < -0.3 is 5.32 Å². The Morgan fingerprint density at radius 1 is 1.29 bits per heavy atom. The van der Waals surface area contributed by atoms with Crippen LogP contribution in [0.15, 0.2) is 34.8 Å². The van der Waals surface area contributed by atoms with Crippen LogP contribution in [0, 0.1) is 6.92 Å². The van der Waals surface area contributed by atoms with Gasteiger partial charge in [-0.05, 0) is 61.7 Å². The summed E-state index contributed by atoms with van der Waals surface area (Å²) >= 11 is 3.67. The molecule has 3 nitrogen and oxygen atoms in total. The number of hydrogen-bond donors (Lipinski definition) is 1. The van der Waals surface area contributed by atoms with Crippen molar-refractivity contribution in [2.24, 2.45) is 0 Å². The molecule has 1 aromatic heterocycles. The maximum atomic E-state index is 4.56. The van der Waals surface area contributed by atoms with Crippen LogP contribution in [0.25, 0.3) is 0 Å². The van der Waals surface area contributed by atoms with Gasteiger partial charge in [-0.25, -0.2) is 0 Å². The highest BCUT2D eigenvalue weighted by molar-refractivity contribution is 9.10. The molecular formula is C17H24BrN3. The molecule has 1 heterocycles. The molecule has 0 aliphatic rings. The molecule has 0 radical (unpaired) electrons. The Hall–Kier alpha value is -1.13. The van der Waals surface area contributed by atoms with E-state index in [-0.39, 0.29) is 0 Å². The van der Waals surface area contributed by atoms with Crippen molar-refractivity contribution >= 4 is 15.9 Å². The quantitative estimate of drug-likeness (QED) is 0.809. The van der Waals surface area contributed by atoms with Crippen molar-refractivity contribution in [3.8, 4) is 0 Å². The number of nitrogens with zero attached hydrogens (tertiary/aromatic N) is 2. The van der Waals surface area contributed by atoms with Crippen LogP contribution in [0.3, 0.4) is 0 Å². The molecule has 2 aromatic rings. The Bertz CT molecular complexity index is 563. The fourth-order valence-electron chi connectivity index (χ4n) is 2.74. The average molecular weight is 350 g/mol. The van der Waals surface area contributed by atoms with Crippen molar-refractivity contribution in [2.75, 3.05) is 7.05 Å². The lowest BCUT2D eigenvalue weighted by Crippen LogP contribution is -2.16. The van der Waals surface area contributed by atoms with Crippen molar-refractivity contribution in [3.05, 3.63) is 51.8 Å². The van der Waals surface area contributed by atoms with Crippen LogP contribution < -0.4 is 5.32 Å². The Labute approximate surface area is 135 Å². The molecule has 1 N–H and O–H groups in total. The molecule has 1 unspecified atom stereocenters. The van der Waals surface area contributed by atoms with E-state index in [1.165, 1.54) is 15.7 Å². The SMILES string of the molecule is CCn1nc(C)c(Br)c1CCCC(NC)c1ccccc1. The van der Waals surface area contributed by atoms with Crippen molar-refractivity contribution < 1.29 is 0 Å². The molecule has 1 aromatic carbocycles. The van der Waals surface area contributed by atoms with Crippen molar-refractivity contribution in [2.45, 2.75) is 45.7 Å². The summed E-state index contributed by atoms with van der Waals surface area (Å²) in [5, 5.41) is 7.98. The van der Waals surface area contributed by atoms with E-state index >= 15 is 0 Å². The lowest BCUT2D eigenvalue weighted by Gasteiger charge is -2.16. The van der Waals surface area contributed by atoms with Crippen LogP contribution in [0.4, 0.5) is 0 Å². The summed E-state index contributed by atoms with van der Waals surface area (Å²) in [5.74, 6) is 0. The molecule has 0 aliphatic heterocycles. The third-order valence-corrected chi connectivity index (χ3v) is 4.94. The lowest BCUT2D eigenvalue weighted by atomic mass is 10.0. The first-order valence-electron chi connectivity index (χ1n) is 7.61. The Kier molecular flexibility index (Phi) is 6.00. The molecule has 1 atom stereocenters. The highest BCUT2D eigenvalue weighted by atomic mass is 79.9. The first-order chi connectivity index (χ1) is 10.2. The van der Waals surface area contributed by atoms with Crippen LogP contribution >= 0.6 is 15.9 Å². The monoisotopic (exact) mass is 349 g/mol. The van der Waals surface area contributed by atoms with Gasteiger partial charge in [0.05, 0.1) is 15.9 Å². The predicted molar refractivity (Wildman–Crippen MR) is 91.5 cm³/mol. The molecule has 0 bridgehead atoms. The van der Waals surface area contributed by atoms with Crippen LogP contribution in [0.2, 0.25) is 0 Å². The van der Waals surface area contributed by atoms with Gasteiger partial charge in [0, 0.05) is 12.6 Å². The zero-order valence-corrected chi connectivity index (χ0v) is 14.7. The van der Waals surface area contributed by atoms with Gasteiger partial charge in [-0.1, -0.05) is 30.3 Å². The Morgan fingerprint density at radius 3 is 2.62 bits per heavy atom. The summed E-state index contributed by atoms with van der Waals surface area (Å²) in [6.45, 7) is 5.12. The molecule has 0 spiro atoms. The van der Waals surface area contributed by atoms with E-state index in [0.29, 0.717) is 6.04 Å². The number of halogens is 1. The second kappa shape index (κ2) is 7.76. The largest absolute Gasteiger partial charge is 0.313 e. The summed E-state index contributed by atoms with van der Waals surface area (Å²) < 4.78 is 3.28. The maximum Gasteiger partial charge on any atom is 0.0738 e. The predicted octanol–water partition coefficient (Wildman–Crippen LogP) is 4.26. The van der Waals surface area contributed by atoms with Crippen LogP contribution in [-0.4, -0.2) is 16.8 Å². The average Bonchev–Trinajstić information content (AvgIpc) is 2.80. The molecule has 0 fully saturated rings. The van der Waals surface area contributed by atoms with Crippen LogP contribution in [0.1, 0.15) is 42.8 Å². The first kappa shape index (κ1) is 16.2. The topological polar surface area (TPSA) is 29.9 Å². The summed E-state index contributed by atoms with van der Waals surface area (Å²) in [6, 6.07) is 11.1. The minimum absolute atomic E-state index is 0.420. The van der Waals surface area contributed by atoms with E-state index in [2.05, 4.69) is 75.2 Å². The second-order valence-electron chi connectivity index (χ2n) is 5.31. The Balaban J connectivity index is 1.97. The number of nitrogens with one attached hydrogen (secondary N) is 1. The standard InChI is InChI=1S/C17H24BrN3/c1-4-21-16(17(18)13(2)20-21)12-8-11-15(19-3)14-9-6-5-7-10-14/h5-7,9-10,15,19H,4,8,11-12H2,1-3H3. The smallest absolute Gasteiger partial charge is 0.0738 e. The van der Waals surface area contributed by atoms with E-state index in [9.17, 15) is 0 Å². The molecule has 0 saturated heterocycles. The fourth-order valence-corrected chi connectivity index (χ4v) is 3.23. The zero-order chi connectivity index (χ0) is 15.2. The third kappa shape index (κ3) is 3.95. The van der Waals surface area contributed by atoms with E-state index in [1.807, 2.05) is 7.05 Å². The molecule has 114 valence electrons. The van der Waals surface area contributed by atoms with E-state index in [0.717, 1.165) is 31.5 Å². The van der Waals surface area contributed by atoms with Crippen LogP contribution in [0.5, 0.6) is 0 Å². The van der Waals surface area contributed by atoms with Crippen LogP contribution in [-0.2, 0) is 13.0 Å². The molecule has 21 heavy (non-hydrogen) atoms. The van der Waals surface area contributed by atoms with E-state index in [1.54, 1.807) is 0 Å².